The number of aromatic nitrogens is 1. The maximum absolute atomic E-state index is 6.10. The summed E-state index contributed by atoms with van der Waals surface area (Å²) in [5.41, 5.74) is 3.39. The van der Waals surface area contributed by atoms with Crippen molar-refractivity contribution in [2.75, 3.05) is 0 Å². The molecular weight excluding hydrogens is 260 g/mol. The second-order valence-corrected chi connectivity index (χ2v) is 5.80. The van der Waals surface area contributed by atoms with Gasteiger partial charge in [-0.2, -0.15) is 0 Å². The van der Waals surface area contributed by atoms with E-state index >= 15 is 0 Å². The minimum Gasteiger partial charge on any atom is -0.438 e. The van der Waals surface area contributed by atoms with Crippen LogP contribution in [0.5, 0.6) is 11.6 Å². The van der Waals surface area contributed by atoms with Crippen LogP contribution in [0.3, 0.4) is 0 Å². The van der Waals surface area contributed by atoms with Crippen LogP contribution >= 0.6 is 0 Å². The minimum absolute atomic E-state index is 0.665. The van der Waals surface area contributed by atoms with Crippen LogP contribution in [-0.2, 0) is 6.54 Å². The van der Waals surface area contributed by atoms with E-state index in [9.17, 15) is 0 Å². The lowest BCUT2D eigenvalue weighted by Gasteiger charge is -2.26. The number of hydrogen-bond donors (Lipinski definition) is 1. The highest BCUT2D eigenvalue weighted by molar-refractivity contribution is 5.43. The van der Waals surface area contributed by atoms with Gasteiger partial charge in [0.05, 0.1) is 0 Å². The summed E-state index contributed by atoms with van der Waals surface area (Å²) in [5, 5.41) is 3.57. The number of aryl methyl sites for hydroxylation is 2. The molecule has 0 atom stereocenters. The zero-order valence-electron chi connectivity index (χ0n) is 12.7. The molecule has 110 valence electrons. The van der Waals surface area contributed by atoms with E-state index < -0.39 is 0 Å². The van der Waals surface area contributed by atoms with Crippen molar-refractivity contribution in [2.24, 2.45) is 0 Å². The van der Waals surface area contributed by atoms with E-state index in [0.717, 1.165) is 29.0 Å². The number of hydrogen-bond acceptors (Lipinski definition) is 3. The molecule has 1 aromatic heterocycles. The summed E-state index contributed by atoms with van der Waals surface area (Å²) in [4.78, 5) is 4.42. The Morgan fingerprint density at radius 1 is 1.14 bits per heavy atom. The largest absolute Gasteiger partial charge is 0.438 e. The third-order valence-corrected chi connectivity index (χ3v) is 4.14. The van der Waals surface area contributed by atoms with Gasteiger partial charge in [-0.3, -0.25) is 0 Å². The summed E-state index contributed by atoms with van der Waals surface area (Å²) < 4.78 is 6.10. The number of ether oxygens (including phenoxy) is 1. The highest BCUT2D eigenvalue weighted by Gasteiger charge is 2.17. The predicted molar refractivity (Wildman–Crippen MR) is 84.7 cm³/mol. The molecular formula is C18H22N2O. The second-order valence-electron chi connectivity index (χ2n) is 5.80. The number of nitrogens with one attached hydrogen (secondary N) is 1. The lowest BCUT2D eigenvalue weighted by molar-refractivity contribution is 0.335. The van der Waals surface area contributed by atoms with Crippen LogP contribution in [-0.4, -0.2) is 11.0 Å². The Kier molecular flexibility index (Phi) is 4.20. The van der Waals surface area contributed by atoms with Crippen molar-refractivity contribution < 1.29 is 4.74 Å². The molecule has 3 heteroatoms. The van der Waals surface area contributed by atoms with Crippen molar-refractivity contribution in [2.45, 2.75) is 45.7 Å². The first-order chi connectivity index (χ1) is 10.2. The summed E-state index contributed by atoms with van der Waals surface area (Å²) in [6, 6.07) is 10.9. The Labute approximate surface area is 126 Å². The van der Waals surface area contributed by atoms with Gasteiger partial charge in [-0.25, -0.2) is 4.98 Å². The fourth-order valence-corrected chi connectivity index (χ4v) is 2.57. The van der Waals surface area contributed by atoms with Crippen LogP contribution in [0.15, 0.2) is 36.5 Å². The van der Waals surface area contributed by atoms with Gasteiger partial charge in [-0.15, -0.1) is 0 Å². The van der Waals surface area contributed by atoms with E-state index in [0.29, 0.717) is 11.9 Å². The average molecular weight is 282 g/mol. The van der Waals surface area contributed by atoms with E-state index in [-0.39, 0.29) is 0 Å². The van der Waals surface area contributed by atoms with E-state index in [1.165, 1.54) is 19.3 Å². The van der Waals surface area contributed by atoms with E-state index in [2.05, 4.69) is 48.4 Å². The molecule has 2 aromatic rings. The first-order valence-corrected chi connectivity index (χ1v) is 7.65. The third-order valence-electron chi connectivity index (χ3n) is 4.14. The molecule has 3 rings (SSSR count). The van der Waals surface area contributed by atoms with Crippen LogP contribution in [0.4, 0.5) is 0 Å². The molecule has 0 amide bonds. The van der Waals surface area contributed by atoms with Crippen molar-refractivity contribution in [1.29, 1.82) is 0 Å². The van der Waals surface area contributed by atoms with Crippen molar-refractivity contribution in [3.63, 3.8) is 0 Å². The standard InChI is InChI=1S/C18H22N2O/c1-13-6-3-7-14(2)17(13)21-18-15(8-5-11-19-18)12-20-16-9-4-10-16/h3,5-8,11,16,20H,4,9-10,12H2,1-2H3. The van der Waals surface area contributed by atoms with Gasteiger partial charge in [0.25, 0.3) is 0 Å². The zero-order valence-corrected chi connectivity index (χ0v) is 12.7. The number of pyridine rings is 1. The summed E-state index contributed by atoms with van der Waals surface area (Å²) in [6.45, 7) is 4.95. The highest BCUT2D eigenvalue weighted by atomic mass is 16.5. The molecule has 1 aliphatic carbocycles. The molecule has 1 aromatic carbocycles. The zero-order chi connectivity index (χ0) is 14.7. The SMILES string of the molecule is Cc1cccc(C)c1Oc1ncccc1CNC1CCC1. The van der Waals surface area contributed by atoms with Gasteiger partial charge in [-0.05, 0) is 43.9 Å². The molecule has 1 heterocycles. The smallest absolute Gasteiger partial charge is 0.223 e. The van der Waals surface area contributed by atoms with Crippen LogP contribution in [0.25, 0.3) is 0 Å². The highest BCUT2D eigenvalue weighted by Crippen LogP contribution is 2.29. The number of para-hydroxylation sites is 1. The molecule has 0 bridgehead atoms. The molecule has 21 heavy (non-hydrogen) atoms. The Bertz CT molecular complexity index is 600. The maximum Gasteiger partial charge on any atom is 0.223 e. The van der Waals surface area contributed by atoms with Crippen LogP contribution in [0.2, 0.25) is 0 Å². The summed E-state index contributed by atoms with van der Waals surface area (Å²) in [5.74, 6) is 1.63. The lowest BCUT2D eigenvalue weighted by Crippen LogP contribution is -2.34. The molecule has 1 aliphatic rings. The Morgan fingerprint density at radius 2 is 1.90 bits per heavy atom. The molecule has 0 saturated heterocycles. The fraction of sp³-hybridized carbons (Fsp3) is 0.389. The first kappa shape index (κ1) is 14.1. The Morgan fingerprint density at radius 3 is 2.57 bits per heavy atom. The summed E-state index contributed by atoms with van der Waals surface area (Å²) in [6.07, 6.45) is 5.70. The molecule has 1 fully saturated rings. The van der Waals surface area contributed by atoms with Crippen LogP contribution in [0, 0.1) is 13.8 Å². The molecule has 0 spiro atoms. The average Bonchev–Trinajstić information content (AvgIpc) is 2.43. The Hall–Kier alpha value is -1.87. The topological polar surface area (TPSA) is 34.1 Å². The molecule has 0 aliphatic heterocycles. The van der Waals surface area contributed by atoms with Gasteiger partial charge in [0.15, 0.2) is 0 Å². The van der Waals surface area contributed by atoms with Crippen molar-refractivity contribution in [3.8, 4) is 11.6 Å². The second kappa shape index (κ2) is 6.27. The van der Waals surface area contributed by atoms with Crippen molar-refractivity contribution in [1.82, 2.24) is 10.3 Å². The van der Waals surface area contributed by atoms with Gasteiger partial charge in [0.2, 0.25) is 5.88 Å². The first-order valence-electron chi connectivity index (χ1n) is 7.65. The fourth-order valence-electron chi connectivity index (χ4n) is 2.57. The molecule has 0 unspecified atom stereocenters. The Balaban J connectivity index is 1.78. The molecule has 0 radical (unpaired) electrons. The quantitative estimate of drug-likeness (QED) is 0.895. The molecule has 1 saturated carbocycles. The van der Waals surface area contributed by atoms with E-state index in [4.69, 9.17) is 4.74 Å². The minimum atomic E-state index is 0.665. The van der Waals surface area contributed by atoms with E-state index in [1.54, 1.807) is 6.20 Å². The van der Waals surface area contributed by atoms with Gasteiger partial charge in [0, 0.05) is 24.3 Å². The molecule has 1 N–H and O–H groups in total. The third kappa shape index (κ3) is 3.24. The van der Waals surface area contributed by atoms with Gasteiger partial charge >= 0.3 is 0 Å². The number of rotatable bonds is 5. The van der Waals surface area contributed by atoms with Crippen molar-refractivity contribution in [3.05, 3.63) is 53.2 Å². The maximum atomic E-state index is 6.10. The lowest BCUT2D eigenvalue weighted by atomic mass is 9.93. The normalized spacial score (nSPS) is 14.8. The summed E-state index contributed by atoms with van der Waals surface area (Å²) in [7, 11) is 0. The van der Waals surface area contributed by atoms with Crippen molar-refractivity contribution >= 4 is 0 Å². The number of nitrogens with zero attached hydrogens (tertiary/aromatic N) is 1. The van der Waals surface area contributed by atoms with E-state index in [1.807, 2.05) is 6.07 Å². The monoisotopic (exact) mass is 282 g/mol. The predicted octanol–water partition coefficient (Wildman–Crippen LogP) is 4.13. The summed E-state index contributed by atoms with van der Waals surface area (Å²) >= 11 is 0. The van der Waals surface area contributed by atoms with Gasteiger partial charge in [0.1, 0.15) is 5.75 Å². The van der Waals surface area contributed by atoms with Gasteiger partial charge < -0.3 is 10.1 Å². The van der Waals surface area contributed by atoms with Crippen LogP contribution < -0.4 is 10.1 Å². The van der Waals surface area contributed by atoms with Crippen LogP contribution in [0.1, 0.15) is 36.0 Å². The van der Waals surface area contributed by atoms with Gasteiger partial charge in [-0.1, -0.05) is 30.7 Å². The number of benzene rings is 1. The molecule has 3 nitrogen and oxygen atoms in total.